The number of nitrogens with zero attached hydrogens (tertiary/aromatic N) is 2. The summed E-state index contributed by atoms with van der Waals surface area (Å²) in [6, 6.07) is 17.6. The molecule has 0 aliphatic carbocycles. The van der Waals surface area contributed by atoms with Crippen molar-refractivity contribution in [2.24, 2.45) is 0 Å². The molecule has 6 nitrogen and oxygen atoms in total. The molecule has 7 heteroatoms. The van der Waals surface area contributed by atoms with Crippen LogP contribution >= 0.6 is 0 Å². The van der Waals surface area contributed by atoms with Gasteiger partial charge in [0.05, 0.1) is 0 Å². The van der Waals surface area contributed by atoms with Crippen molar-refractivity contribution in [1.29, 1.82) is 0 Å². The van der Waals surface area contributed by atoms with E-state index in [1.165, 1.54) is 24.1 Å². The second kappa shape index (κ2) is 11.9. The zero-order chi connectivity index (χ0) is 21.1. The van der Waals surface area contributed by atoms with Gasteiger partial charge in [0.25, 0.3) is 0 Å². The van der Waals surface area contributed by atoms with Gasteiger partial charge in [0, 0.05) is 32.7 Å². The highest BCUT2D eigenvalue weighted by molar-refractivity contribution is 6.27. The van der Waals surface area contributed by atoms with Crippen molar-refractivity contribution >= 4 is 11.9 Å². The van der Waals surface area contributed by atoms with E-state index in [4.69, 9.17) is 19.8 Å². The summed E-state index contributed by atoms with van der Waals surface area (Å²) in [5.41, 5.74) is 2.63. The summed E-state index contributed by atoms with van der Waals surface area (Å²) in [6.45, 7) is 6.58. The largest absolute Gasteiger partial charge is 0.473 e. The molecule has 0 spiro atoms. The molecule has 29 heavy (non-hydrogen) atoms. The average Bonchev–Trinajstić information content (AvgIpc) is 2.72. The Morgan fingerprint density at radius 1 is 0.793 bits per heavy atom. The number of piperazine rings is 1. The number of carbonyl (C=O) groups is 2. The molecule has 1 aliphatic rings. The summed E-state index contributed by atoms with van der Waals surface area (Å²) in [5, 5.41) is 14.8. The first-order valence-electron chi connectivity index (χ1n) is 9.63. The Labute approximate surface area is 170 Å². The SMILES string of the molecule is Fc1ccc(CN2CCN(CCCc3ccccc3)CC2)cc1.O=C(O)C(=O)O. The molecular formula is C22H27FN2O4. The smallest absolute Gasteiger partial charge is 0.414 e. The van der Waals surface area contributed by atoms with E-state index < -0.39 is 11.9 Å². The Hall–Kier alpha value is -2.77. The second-order valence-electron chi connectivity index (χ2n) is 6.94. The van der Waals surface area contributed by atoms with Crippen molar-refractivity contribution in [2.75, 3.05) is 32.7 Å². The van der Waals surface area contributed by atoms with Gasteiger partial charge in [-0.2, -0.15) is 0 Å². The van der Waals surface area contributed by atoms with Gasteiger partial charge in [-0.25, -0.2) is 14.0 Å². The van der Waals surface area contributed by atoms with Crippen molar-refractivity contribution in [3.8, 4) is 0 Å². The molecule has 2 aromatic carbocycles. The summed E-state index contributed by atoms with van der Waals surface area (Å²) >= 11 is 0. The molecule has 1 aliphatic heterocycles. The van der Waals surface area contributed by atoms with Gasteiger partial charge in [-0.15, -0.1) is 0 Å². The number of aryl methyl sites for hydroxylation is 1. The van der Waals surface area contributed by atoms with E-state index >= 15 is 0 Å². The minimum atomic E-state index is -1.82. The van der Waals surface area contributed by atoms with E-state index in [0.29, 0.717) is 0 Å². The number of aliphatic carboxylic acids is 2. The minimum absolute atomic E-state index is 0.156. The summed E-state index contributed by atoms with van der Waals surface area (Å²) in [4.78, 5) is 23.2. The predicted octanol–water partition coefficient (Wildman–Crippen LogP) is 2.73. The number of carboxylic acid groups (broad SMARTS) is 2. The van der Waals surface area contributed by atoms with Crippen LogP contribution in [0.2, 0.25) is 0 Å². The first kappa shape index (κ1) is 22.5. The third-order valence-electron chi connectivity index (χ3n) is 4.75. The molecule has 0 atom stereocenters. The molecule has 1 saturated heterocycles. The van der Waals surface area contributed by atoms with E-state index in [-0.39, 0.29) is 5.82 Å². The first-order valence-corrected chi connectivity index (χ1v) is 9.63. The fraction of sp³-hybridized carbons (Fsp3) is 0.364. The molecule has 2 N–H and O–H groups in total. The highest BCUT2D eigenvalue weighted by atomic mass is 19.1. The molecule has 0 bridgehead atoms. The van der Waals surface area contributed by atoms with E-state index in [0.717, 1.165) is 39.1 Å². The van der Waals surface area contributed by atoms with E-state index in [1.807, 2.05) is 12.1 Å². The van der Waals surface area contributed by atoms with Crippen LogP contribution in [-0.2, 0) is 22.6 Å². The molecule has 1 heterocycles. The van der Waals surface area contributed by atoms with Gasteiger partial charge in [0.15, 0.2) is 0 Å². The maximum Gasteiger partial charge on any atom is 0.414 e. The van der Waals surface area contributed by atoms with E-state index in [2.05, 4.69) is 40.1 Å². The molecule has 1 fully saturated rings. The molecule has 0 radical (unpaired) electrons. The third kappa shape index (κ3) is 8.85. The lowest BCUT2D eigenvalue weighted by Gasteiger charge is -2.34. The first-order chi connectivity index (χ1) is 13.9. The molecule has 0 saturated carbocycles. The number of hydrogen-bond acceptors (Lipinski definition) is 4. The number of benzene rings is 2. The molecule has 0 unspecified atom stereocenters. The highest BCUT2D eigenvalue weighted by Gasteiger charge is 2.16. The van der Waals surface area contributed by atoms with Crippen LogP contribution in [0.1, 0.15) is 17.5 Å². The van der Waals surface area contributed by atoms with Crippen LogP contribution in [0.3, 0.4) is 0 Å². The van der Waals surface area contributed by atoms with Crippen molar-refractivity contribution in [1.82, 2.24) is 9.80 Å². The van der Waals surface area contributed by atoms with Crippen LogP contribution < -0.4 is 0 Å². The van der Waals surface area contributed by atoms with Crippen LogP contribution in [0.25, 0.3) is 0 Å². The van der Waals surface area contributed by atoms with Crippen LogP contribution in [0.15, 0.2) is 54.6 Å². The lowest BCUT2D eigenvalue weighted by Crippen LogP contribution is -2.46. The van der Waals surface area contributed by atoms with E-state index in [9.17, 15) is 4.39 Å². The Kier molecular flexibility index (Phi) is 9.27. The fourth-order valence-corrected chi connectivity index (χ4v) is 3.17. The summed E-state index contributed by atoms with van der Waals surface area (Å²) < 4.78 is 12.9. The van der Waals surface area contributed by atoms with Crippen LogP contribution in [0, 0.1) is 5.82 Å². The third-order valence-corrected chi connectivity index (χ3v) is 4.75. The lowest BCUT2D eigenvalue weighted by molar-refractivity contribution is -0.159. The monoisotopic (exact) mass is 402 g/mol. The maximum atomic E-state index is 12.9. The molecule has 2 aromatic rings. The van der Waals surface area contributed by atoms with Crippen molar-refractivity contribution in [3.05, 3.63) is 71.5 Å². The maximum absolute atomic E-state index is 12.9. The van der Waals surface area contributed by atoms with Gasteiger partial charge in [0.1, 0.15) is 5.82 Å². The Balaban J connectivity index is 0.000000438. The van der Waals surface area contributed by atoms with Gasteiger partial charge in [0.2, 0.25) is 0 Å². The van der Waals surface area contributed by atoms with Crippen molar-refractivity contribution in [3.63, 3.8) is 0 Å². The van der Waals surface area contributed by atoms with Gasteiger partial charge in [-0.1, -0.05) is 42.5 Å². The summed E-state index contributed by atoms with van der Waals surface area (Å²) in [5.74, 6) is -3.80. The van der Waals surface area contributed by atoms with Crippen LogP contribution in [-0.4, -0.2) is 64.7 Å². The second-order valence-corrected chi connectivity index (χ2v) is 6.94. The van der Waals surface area contributed by atoms with Gasteiger partial charge in [-0.05, 0) is 42.6 Å². The van der Waals surface area contributed by atoms with Crippen molar-refractivity contribution < 1.29 is 24.2 Å². The quantitative estimate of drug-likeness (QED) is 0.723. The molecule has 0 amide bonds. The van der Waals surface area contributed by atoms with Crippen molar-refractivity contribution in [2.45, 2.75) is 19.4 Å². The molecule has 3 rings (SSSR count). The zero-order valence-electron chi connectivity index (χ0n) is 16.3. The fourth-order valence-electron chi connectivity index (χ4n) is 3.17. The van der Waals surface area contributed by atoms with Gasteiger partial charge >= 0.3 is 11.9 Å². The average molecular weight is 402 g/mol. The van der Waals surface area contributed by atoms with Crippen LogP contribution in [0.5, 0.6) is 0 Å². The predicted molar refractivity (Wildman–Crippen MR) is 108 cm³/mol. The number of rotatable bonds is 6. The zero-order valence-corrected chi connectivity index (χ0v) is 16.3. The normalized spacial score (nSPS) is 14.7. The van der Waals surface area contributed by atoms with Gasteiger partial charge < -0.3 is 15.1 Å². The molecule has 0 aromatic heterocycles. The Bertz CT molecular complexity index is 748. The number of hydrogen-bond donors (Lipinski definition) is 2. The number of halogens is 1. The standard InChI is InChI=1S/C20H25FN2.C2H2O4/c21-20-10-8-19(9-11-20)17-23-15-13-22(14-16-23)12-4-7-18-5-2-1-3-6-18;3-1(4)2(5)6/h1-3,5-6,8-11H,4,7,12-17H2;(H,3,4)(H,5,6). The van der Waals surface area contributed by atoms with E-state index in [1.54, 1.807) is 12.1 Å². The Morgan fingerprint density at radius 3 is 1.90 bits per heavy atom. The molecule has 156 valence electrons. The molecular weight excluding hydrogens is 375 g/mol. The minimum Gasteiger partial charge on any atom is -0.473 e. The summed E-state index contributed by atoms with van der Waals surface area (Å²) in [7, 11) is 0. The van der Waals surface area contributed by atoms with Crippen LogP contribution in [0.4, 0.5) is 4.39 Å². The summed E-state index contributed by atoms with van der Waals surface area (Å²) in [6.07, 6.45) is 2.39. The highest BCUT2D eigenvalue weighted by Crippen LogP contribution is 2.11. The topological polar surface area (TPSA) is 81.1 Å². The Morgan fingerprint density at radius 2 is 1.34 bits per heavy atom. The lowest BCUT2D eigenvalue weighted by atomic mass is 10.1. The van der Waals surface area contributed by atoms with Gasteiger partial charge in [-0.3, -0.25) is 4.90 Å². The number of carboxylic acids is 2.